The summed E-state index contributed by atoms with van der Waals surface area (Å²) in [7, 11) is 0. The topological polar surface area (TPSA) is 27.0 Å². The van der Waals surface area contributed by atoms with Crippen LogP contribution < -0.4 is 0 Å². The molecule has 1 saturated carbocycles. The van der Waals surface area contributed by atoms with Crippen molar-refractivity contribution >= 4 is 0 Å². The second-order valence-electron chi connectivity index (χ2n) is 7.82. The Morgan fingerprint density at radius 2 is 1.68 bits per heavy atom. The summed E-state index contributed by atoms with van der Waals surface area (Å²) in [5.74, 6) is 0.149. The first-order valence-corrected chi connectivity index (χ1v) is 10.4. The van der Waals surface area contributed by atoms with Crippen molar-refractivity contribution in [2.75, 3.05) is 6.54 Å². The van der Waals surface area contributed by atoms with Crippen LogP contribution in [-0.2, 0) is 13.0 Å². The van der Waals surface area contributed by atoms with Crippen LogP contribution in [0.15, 0.2) is 54.6 Å². The second kappa shape index (κ2) is 11.6. The van der Waals surface area contributed by atoms with Gasteiger partial charge in [-0.05, 0) is 62.8 Å². The van der Waals surface area contributed by atoms with Gasteiger partial charge in [0.1, 0.15) is 6.17 Å². The quantitative estimate of drug-likeness (QED) is 0.539. The lowest BCUT2D eigenvalue weighted by atomic mass is 9.78. The molecule has 2 nitrogen and oxygen atoms in total. The van der Waals surface area contributed by atoms with Gasteiger partial charge in [-0.2, -0.15) is 5.26 Å². The highest BCUT2D eigenvalue weighted by Crippen LogP contribution is 2.39. The first kappa shape index (κ1) is 22.1. The van der Waals surface area contributed by atoms with Crippen LogP contribution in [-0.4, -0.2) is 23.7 Å². The van der Waals surface area contributed by atoms with E-state index in [2.05, 4.69) is 73.3 Å². The van der Waals surface area contributed by atoms with E-state index in [4.69, 9.17) is 5.26 Å². The predicted octanol–water partition coefficient (Wildman–Crippen LogP) is 6.28. The molecule has 0 heterocycles. The molecule has 2 aromatic carbocycles. The van der Waals surface area contributed by atoms with E-state index in [1.54, 1.807) is 6.07 Å². The highest BCUT2D eigenvalue weighted by atomic mass is 19.1. The minimum Gasteiger partial charge on any atom is -0.297 e. The van der Waals surface area contributed by atoms with Crippen molar-refractivity contribution in [2.24, 2.45) is 0 Å². The van der Waals surface area contributed by atoms with Gasteiger partial charge in [-0.3, -0.25) is 4.90 Å². The summed E-state index contributed by atoms with van der Waals surface area (Å²) >= 11 is 0. The number of alkyl halides is 1. The van der Waals surface area contributed by atoms with E-state index in [1.165, 1.54) is 23.6 Å². The fraction of sp³-hybridized carbons (Fsp3) is 0.480. The summed E-state index contributed by atoms with van der Waals surface area (Å²) in [5, 5.41) is 7.32. The lowest BCUT2D eigenvalue weighted by Crippen LogP contribution is -2.31. The molecular formula is C25H33FN2. The van der Waals surface area contributed by atoms with Crippen LogP contribution in [0, 0.1) is 11.3 Å². The van der Waals surface area contributed by atoms with E-state index in [0.717, 1.165) is 38.8 Å². The molecule has 2 aromatic rings. The molecule has 0 radical (unpaired) electrons. The number of hydrogen-bond acceptors (Lipinski definition) is 2. The van der Waals surface area contributed by atoms with Crippen LogP contribution in [0.1, 0.15) is 62.6 Å². The number of hydrogen-bond donors (Lipinski definition) is 0. The standard InChI is InChI=1S/C23H30FN.C2H3N/c1-18(2)25(17-20-7-4-3-5-8-20)16-6-9-19-10-12-21(13-11-19)22-14-15-23(22)24;1-2-3/h3-5,7-8,10-13,18,22-23H,6,9,14-17H2,1-2H3;1H3. The molecule has 2 atom stereocenters. The average Bonchev–Trinajstić information content (AvgIpc) is 2.68. The predicted molar refractivity (Wildman–Crippen MR) is 115 cm³/mol. The first-order chi connectivity index (χ1) is 13.5. The highest BCUT2D eigenvalue weighted by Gasteiger charge is 2.31. The highest BCUT2D eigenvalue weighted by molar-refractivity contribution is 5.28. The molecule has 0 amide bonds. The van der Waals surface area contributed by atoms with Crippen molar-refractivity contribution in [2.45, 2.75) is 71.1 Å². The molecule has 2 unspecified atom stereocenters. The lowest BCUT2D eigenvalue weighted by molar-refractivity contribution is 0.170. The Bertz CT molecular complexity index is 718. The van der Waals surface area contributed by atoms with Crippen molar-refractivity contribution in [3.63, 3.8) is 0 Å². The van der Waals surface area contributed by atoms with Gasteiger partial charge in [-0.25, -0.2) is 4.39 Å². The third-order valence-corrected chi connectivity index (χ3v) is 5.47. The Morgan fingerprint density at radius 1 is 1.04 bits per heavy atom. The molecule has 3 rings (SSSR count). The number of benzene rings is 2. The largest absolute Gasteiger partial charge is 0.297 e. The van der Waals surface area contributed by atoms with E-state index in [9.17, 15) is 4.39 Å². The number of rotatable bonds is 8. The van der Waals surface area contributed by atoms with Gasteiger partial charge in [-0.15, -0.1) is 0 Å². The van der Waals surface area contributed by atoms with Gasteiger partial charge in [0, 0.05) is 25.4 Å². The summed E-state index contributed by atoms with van der Waals surface area (Å²) in [6, 6.07) is 21.6. The van der Waals surface area contributed by atoms with E-state index in [-0.39, 0.29) is 5.92 Å². The molecule has 3 heteroatoms. The van der Waals surface area contributed by atoms with Crippen LogP contribution in [0.2, 0.25) is 0 Å². The summed E-state index contributed by atoms with van der Waals surface area (Å²) in [4.78, 5) is 2.53. The van der Waals surface area contributed by atoms with E-state index in [0.29, 0.717) is 6.04 Å². The third kappa shape index (κ3) is 6.77. The molecule has 0 spiro atoms. The molecule has 1 fully saturated rings. The maximum Gasteiger partial charge on any atom is 0.107 e. The van der Waals surface area contributed by atoms with E-state index in [1.807, 2.05) is 0 Å². The van der Waals surface area contributed by atoms with Gasteiger partial charge in [0.05, 0.1) is 6.07 Å². The third-order valence-electron chi connectivity index (χ3n) is 5.47. The summed E-state index contributed by atoms with van der Waals surface area (Å²) in [6.45, 7) is 8.08. The zero-order valence-electron chi connectivity index (χ0n) is 17.4. The molecule has 1 aliphatic carbocycles. The van der Waals surface area contributed by atoms with Crippen molar-refractivity contribution in [1.29, 1.82) is 5.26 Å². The van der Waals surface area contributed by atoms with Crippen molar-refractivity contribution < 1.29 is 4.39 Å². The second-order valence-corrected chi connectivity index (χ2v) is 7.82. The number of nitriles is 1. The zero-order chi connectivity index (χ0) is 20.4. The van der Waals surface area contributed by atoms with Gasteiger partial charge in [0.15, 0.2) is 0 Å². The van der Waals surface area contributed by atoms with E-state index < -0.39 is 6.17 Å². The van der Waals surface area contributed by atoms with Gasteiger partial charge in [-0.1, -0.05) is 54.6 Å². The monoisotopic (exact) mass is 380 g/mol. The minimum absolute atomic E-state index is 0.149. The fourth-order valence-electron chi connectivity index (χ4n) is 3.59. The van der Waals surface area contributed by atoms with Gasteiger partial charge in [0.2, 0.25) is 0 Å². The first-order valence-electron chi connectivity index (χ1n) is 10.4. The normalized spacial score (nSPS) is 18.2. The summed E-state index contributed by atoms with van der Waals surface area (Å²) < 4.78 is 13.5. The Hall–Kier alpha value is -2.18. The number of aryl methyl sites for hydroxylation is 1. The average molecular weight is 381 g/mol. The Morgan fingerprint density at radius 3 is 2.18 bits per heavy atom. The van der Waals surface area contributed by atoms with E-state index >= 15 is 0 Å². The molecule has 150 valence electrons. The van der Waals surface area contributed by atoms with Crippen LogP contribution in [0.4, 0.5) is 4.39 Å². The van der Waals surface area contributed by atoms with Crippen LogP contribution >= 0.6 is 0 Å². The Labute approximate surface area is 170 Å². The molecule has 0 aromatic heterocycles. The maximum absolute atomic E-state index is 13.5. The van der Waals surface area contributed by atoms with Gasteiger partial charge in [0.25, 0.3) is 0 Å². The Balaban J connectivity index is 0.000000878. The maximum atomic E-state index is 13.5. The molecule has 0 N–H and O–H groups in total. The summed E-state index contributed by atoms with van der Waals surface area (Å²) in [6.07, 6.45) is 3.35. The van der Waals surface area contributed by atoms with Crippen molar-refractivity contribution in [3.8, 4) is 6.07 Å². The number of nitrogens with zero attached hydrogens (tertiary/aromatic N) is 2. The molecular weight excluding hydrogens is 347 g/mol. The zero-order valence-corrected chi connectivity index (χ0v) is 17.4. The van der Waals surface area contributed by atoms with Gasteiger partial charge < -0.3 is 0 Å². The van der Waals surface area contributed by atoms with Crippen molar-refractivity contribution in [1.82, 2.24) is 4.90 Å². The molecule has 0 aliphatic heterocycles. The molecule has 1 aliphatic rings. The Kier molecular flexibility index (Phi) is 9.17. The molecule has 28 heavy (non-hydrogen) atoms. The summed E-state index contributed by atoms with van der Waals surface area (Å²) in [5.41, 5.74) is 3.92. The van der Waals surface area contributed by atoms with Crippen LogP contribution in [0.25, 0.3) is 0 Å². The van der Waals surface area contributed by atoms with Crippen molar-refractivity contribution in [3.05, 3.63) is 71.3 Å². The molecule has 0 bridgehead atoms. The van der Waals surface area contributed by atoms with Crippen LogP contribution in [0.5, 0.6) is 0 Å². The van der Waals surface area contributed by atoms with Crippen LogP contribution in [0.3, 0.4) is 0 Å². The fourth-order valence-corrected chi connectivity index (χ4v) is 3.59. The smallest absolute Gasteiger partial charge is 0.107 e. The SMILES string of the molecule is CC#N.CC(C)N(CCCc1ccc(C2CCC2F)cc1)Cc1ccccc1. The molecule has 0 saturated heterocycles. The van der Waals surface area contributed by atoms with Gasteiger partial charge >= 0.3 is 0 Å². The lowest BCUT2D eigenvalue weighted by Gasteiger charge is -2.30. The number of halogens is 1. The minimum atomic E-state index is -0.622.